The third kappa shape index (κ3) is 2.79. The first-order chi connectivity index (χ1) is 10.8. The molecule has 0 aromatic carbocycles. The van der Waals surface area contributed by atoms with E-state index in [1.807, 2.05) is 29.3 Å². The van der Waals surface area contributed by atoms with Crippen LogP contribution >= 0.6 is 11.3 Å². The van der Waals surface area contributed by atoms with E-state index in [0.29, 0.717) is 12.1 Å². The van der Waals surface area contributed by atoms with Crippen LogP contribution < -0.4 is 10.2 Å². The Balaban J connectivity index is 1.43. The second kappa shape index (κ2) is 6.05. The van der Waals surface area contributed by atoms with Crippen LogP contribution in [0.5, 0.6) is 0 Å². The molecule has 2 atom stereocenters. The zero-order valence-electron chi connectivity index (χ0n) is 13.2. The smallest absolute Gasteiger partial charge is 0.0752 e. The maximum Gasteiger partial charge on any atom is 0.0752 e. The molecule has 0 spiro atoms. The van der Waals surface area contributed by atoms with Crippen molar-refractivity contribution in [2.45, 2.75) is 44.2 Å². The first-order valence-electron chi connectivity index (χ1n) is 8.35. The zero-order chi connectivity index (χ0) is 14.9. The summed E-state index contributed by atoms with van der Waals surface area (Å²) in [6.07, 6.45) is 10.5. The van der Waals surface area contributed by atoms with Crippen molar-refractivity contribution in [2.75, 3.05) is 18.0 Å². The molecule has 1 aliphatic heterocycles. The van der Waals surface area contributed by atoms with Gasteiger partial charge in [-0.1, -0.05) is 0 Å². The highest BCUT2D eigenvalue weighted by Gasteiger charge is 2.27. The van der Waals surface area contributed by atoms with E-state index in [2.05, 4.69) is 33.0 Å². The van der Waals surface area contributed by atoms with E-state index in [9.17, 15) is 0 Å². The highest BCUT2D eigenvalue weighted by molar-refractivity contribution is 7.10. The number of anilines is 1. The Kier molecular flexibility index (Phi) is 3.92. The molecule has 2 aromatic rings. The van der Waals surface area contributed by atoms with Crippen LogP contribution in [0.3, 0.4) is 0 Å². The highest BCUT2D eigenvalue weighted by Crippen LogP contribution is 2.34. The van der Waals surface area contributed by atoms with E-state index in [1.54, 1.807) is 10.4 Å². The molecule has 1 fully saturated rings. The van der Waals surface area contributed by atoms with Gasteiger partial charge in [0.25, 0.3) is 0 Å². The Hall–Kier alpha value is -1.33. The number of hydrogen-bond donors (Lipinski definition) is 1. The molecule has 1 aliphatic carbocycles. The first-order valence-corrected chi connectivity index (χ1v) is 9.23. The predicted molar refractivity (Wildman–Crippen MR) is 91.6 cm³/mol. The van der Waals surface area contributed by atoms with Crippen molar-refractivity contribution >= 4 is 17.0 Å². The van der Waals surface area contributed by atoms with Crippen molar-refractivity contribution in [1.29, 1.82) is 0 Å². The third-order valence-corrected chi connectivity index (χ3v) is 5.96. The number of piperidine rings is 1. The van der Waals surface area contributed by atoms with Gasteiger partial charge in [0.15, 0.2) is 0 Å². The lowest BCUT2D eigenvalue weighted by Crippen LogP contribution is -2.47. The summed E-state index contributed by atoms with van der Waals surface area (Å²) in [5, 5.41) is 10.5. The fourth-order valence-corrected chi connectivity index (χ4v) is 4.85. The Morgan fingerprint density at radius 3 is 3.14 bits per heavy atom. The summed E-state index contributed by atoms with van der Waals surface area (Å²) in [5.41, 5.74) is 2.82. The number of aryl methyl sites for hydroxylation is 2. The summed E-state index contributed by atoms with van der Waals surface area (Å²) in [5.74, 6) is 0. The maximum atomic E-state index is 4.31. The van der Waals surface area contributed by atoms with Gasteiger partial charge in [-0.3, -0.25) is 4.68 Å². The predicted octanol–water partition coefficient (Wildman–Crippen LogP) is 3.12. The molecule has 3 heterocycles. The molecule has 2 aromatic heterocycles. The SMILES string of the molecule is Cn1cc(N2CCCC(NC3CCCc4sccc43)C2)cn1. The number of aromatic nitrogens is 2. The molecular weight excluding hydrogens is 292 g/mol. The van der Waals surface area contributed by atoms with Crippen LogP contribution in [0.2, 0.25) is 0 Å². The van der Waals surface area contributed by atoms with Crippen molar-refractivity contribution in [3.63, 3.8) is 0 Å². The van der Waals surface area contributed by atoms with E-state index >= 15 is 0 Å². The van der Waals surface area contributed by atoms with Crippen LogP contribution in [0.1, 0.15) is 42.2 Å². The lowest BCUT2D eigenvalue weighted by Gasteiger charge is -2.37. The quantitative estimate of drug-likeness (QED) is 0.944. The Bertz CT molecular complexity index is 632. The minimum absolute atomic E-state index is 0.564. The molecule has 1 N–H and O–H groups in total. The van der Waals surface area contributed by atoms with Gasteiger partial charge in [0.05, 0.1) is 11.9 Å². The molecule has 0 bridgehead atoms. The van der Waals surface area contributed by atoms with Crippen molar-refractivity contribution < 1.29 is 0 Å². The van der Waals surface area contributed by atoms with Gasteiger partial charge >= 0.3 is 0 Å². The minimum atomic E-state index is 0.564. The number of hydrogen-bond acceptors (Lipinski definition) is 4. The Morgan fingerprint density at radius 2 is 2.27 bits per heavy atom. The molecule has 5 heteroatoms. The Morgan fingerprint density at radius 1 is 1.32 bits per heavy atom. The third-order valence-electron chi connectivity index (χ3n) is 4.97. The van der Waals surface area contributed by atoms with Gasteiger partial charge in [-0.25, -0.2) is 0 Å². The molecule has 0 radical (unpaired) electrons. The molecule has 1 saturated heterocycles. The van der Waals surface area contributed by atoms with Gasteiger partial charge < -0.3 is 10.2 Å². The molecule has 2 aliphatic rings. The Labute approximate surface area is 136 Å². The summed E-state index contributed by atoms with van der Waals surface area (Å²) in [7, 11) is 1.99. The highest BCUT2D eigenvalue weighted by atomic mass is 32.1. The number of nitrogens with zero attached hydrogens (tertiary/aromatic N) is 3. The number of thiophene rings is 1. The van der Waals surface area contributed by atoms with Gasteiger partial charge in [-0.2, -0.15) is 5.10 Å². The summed E-state index contributed by atoms with van der Waals surface area (Å²) in [4.78, 5) is 4.08. The van der Waals surface area contributed by atoms with Crippen molar-refractivity contribution in [3.05, 3.63) is 34.3 Å². The van der Waals surface area contributed by atoms with Crippen LogP contribution in [0.15, 0.2) is 23.8 Å². The average molecular weight is 316 g/mol. The van der Waals surface area contributed by atoms with Gasteiger partial charge in [-0.15, -0.1) is 11.3 Å². The number of nitrogens with one attached hydrogen (secondary N) is 1. The van der Waals surface area contributed by atoms with Crippen molar-refractivity contribution in [3.8, 4) is 0 Å². The maximum absolute atomic E-state index is 4.31. The van der Waals surface area contributed by atoms with E-state index in [0.717, 1.165) is 13.1 Å². The second-order valence-corrected chi connectivity index (χ2v) is 7.57. The van der Waals surface area contributed by atoms with Gasteiger partial charge in [0.1, 0.15) is 0 Å². The van der Waals surface area contributed by atoms with E-state index in [-0.39, 0.29) is 0 Å². The van der Waals surface area contributed by atoms with Crippen LogP contribution in [0.4, 0.5) is 5.69 Å². The summed E-state index contributed by atoms with van der Waals surface area (Å²) in [6, 6.07) is 3.48. The first kappa shape index (κ1) is 14.3. The molecule has 0 saturated carbocycles. The van der Waals surface area contributed by atoms with E-state index in [1.165, 1.54) is 37.8 Å². The molecule has 4 rings (SSSR count). The summed E-state index contributed by atoms with van der Waals surface area (Å²) < 4.78 is 1.89. The summed E-state index contributed by atoms with van der Waals surface area (Å²) >= 11 is 1.93. The van der Waals surface area contributed by atoms with E-state index in [4.69, 9.17) is 0 Å². The molecule has 2 unspecified atom stereocenters. The second-order valence-electron chi connectivity index (χ2n) is 6.57. The van der Waals surface area contributed by atoms with Crippen molar-refractivity contribution in [2.24, 2.45) is 7.05 Å². The molecule has 0 amide bonds. The molecular formula is C17H24N4S. The lowest BCUT2D eigenvalue weighted by atomic mass is 9.92. The van der Waals surface area contributed by atoms with Crippen molar-refractivity contribution in [1.82, 2.24) is 15.1 Å². The number of fused-ring (bicyclic) bond motifs is 1. The van der Waals surface area contributed by atoms with Gasteiger partial charge in [0, 0.05) is 43.3 Å². The molecule has 118 valence electrons. The molecule has 22 heavy (non-hydrogen) atoms. The fourth-order valence-electron chi connectivity index (χ4n) is 3.86. The standard InChI is InChI=1S/C17H24N4S/c1-20-12-14(10-18-20)21-8-3-4-13(11-21)19-16-5-2-6-17-15(16)7-9-22-17/h7,9-10,12-13,16,19H,2-6,8,11H2,1H3. The minimum Gasteiger partial charge on any atom is -0.367 e. The topological polar surface area (TPSA) is 33.1 Å². The average Bonchev–Trinajstić information content (AvgIpc) is 3.17. The summed E-state index contributed by atoms with van der Waals surface area (Å²) in [6.45, 7) is 2.25. The largest absolute Gasteiger partial charge is 0.367 e. The fraction of sp³-hybridized carbons (Fsp3) is 0.588. The van der Waals surface area contributed by atoms with Crippen LogP contribution in [0, 0.1) is 0 Å². The molecule has 4 nitrogen and oxygen atoms in total. The zero-order valence-corrected chi connectivity index (χ0v) is 14.0. The normalized spacial score (nSPS) is 25.2. The van der Waals surface area contributed by atoms with Crippen LogP contribution in [-0.4, -0.2) is 28.9 Å². The monoisotopic (exact) mass is 316 g/mol. The van der Waals surface area contributed by atoms with Crippen LogP contribution in [0.25, 0.3) is 0 Å². The number of rotatable bonds is 3. The van der Waals surface area contributed by atoms with Gasteiger partial charge in [0.2, 0.25) is 0 Å². The van der Waals surface area contributed by atoms with E-state index < -0.39 is 0 Å². The van der Waals surface area contributed by atoms with Crippen LogP contribution in [-0.2, 0) is 13.5 Å². The van der Waals surface area contributed by atoms with Gasteiger partial charge in [-0.05, 0) is 49.1 Å². The lowest BCUT2D eigenvalue weighted by molar-refractivity contribution is 0.354.